The number of nitrogens with two attached hydrogens (primary N) is 1. The highest BCUT2D eigenvalue weighted by molar-refractivity contribution is 5.41. The van der Waals surface area contributed by atoms with Crippen LogP contribution in [0.3, 0.4) is 0 Å². The fourth-order valence-electron chi connectivity index (χ4n) is 1.36. The zero-order chi connectivity index (χ0) is 13.5. The normalized spacial score (nSPS) is 12.6. The molecule has 0 radical (unpaired) electrons. The number of nitrogens with one attached hydrogen (secondary N) is 2. The van der Waals surface area contributed by atoms with E-state index in [1.807, 2.05) is 20.8 Å². The van der Waals surface area contributed by atoms with Gasteiger partial charge in [-0.15, -0.1) is 0 Å². The van der Waals surface area contributed by atoms with E-state index >= 15 is 0 Å². The van der Waals surface area contributed by atoms with E-state index in [-0.39, 0.29) is 23.7 Å². The molecule has 7 heteroatoms. The Kier molecular flexibility index (Phi) is 5.73. The summed E-state index contributed by atoms with van der Waals surface area (Å²) in [4.78, 5) is 7.61. The van der Waals surface area contributed by atoms with Gasteiger partial charge < -0.3 is 10.1 Å². The van der Waals surface area contributed by atoms with Crippen molar-refractivity contribution in [1.29, 1.82) is 0 Å². The van der Waals surface area contributed by atoms with E-state index < -0.39 is 5.82 Å². The van der Waals surface area contributed by atoms with Gasteiger partial charge in [0.15, 0.2) is 11.6 Å². The van der Waals surface area contributed by atoms with E-state index in [1.54, 1.807) is 0 Å². The van der Waals surface area contributed by atoms with Crippen LogP contribution in [-0.4, -0.2) is 29.2 Å². The predicted molar refractivity (Wildman–Crippen MR) is 68.5 cm³/mol. The third kappa shape index (κ3) is 4.08. The van der Waals surface area contributed by atoms with Gasteiger partial charge in [-0.05, 0) is 12.8 Å². The molecule has 18 heavy (non-hydrogen) atoms. The Bertz CT molecular complexity index is 374. The molecule has 102 valence electrons. The number of rotatable bonds is 7. The van der Waals surface area contributed by atoms with Crippen molar-refractivity contribution in [2.24, 2.45) is 11.8 Å². The van der Waals surface area contributed by atoms with Crippen LogP contribution in [0.1, 0.15) is 20.8 Å². The second-order valence-electron chi connectivity index (χ2n) is 4.19. The topological polar surface area (TPSA) is 85.1 Å². The molecule has 0 amide bonds. The number of halogens is 1. The summed E-state index contributed by atoms with van der Waals surface area (Å²) >= 11 is 0. The Labute approximate surface area is 106 Å². The van der Waals surface area contributed by atoms with Gasteiger partial charge in [-0.1, -0.05) is 13.8 Å². The molecule has 1 aromatic heterocycles. The lowest BCUT2D eigenvalue weighted by Gasteiger charge is -2.22. The van der Waals surface area contributed by atoms with Crippen LogP contribution >= 0.6 is 0 Å². The zero-order valence-corrected chi connectivity index (χ0v) is 10.9. The van der Waals surface area contributed by atoms with Gasteiger partial charge in [0.1, 0.15) is 0 Å². The molecular weight excluding hydrogens is 237 g/mol. The van der Waals surface area contributed by atoms with E-state index in [2.05, 4.69) is 20.7 Å². The maximum absolute atomic E-state index is 13.6. The second kappa shape index (κ2) is 7.07. The number of hydrogen-bond acceptors (Lipinski definition) is 6. The fourth-order valence-corrected chi connectivity index (χ4v) is 1.36. The summed E-state index contributed by atoms with van der Waals surface area (Å²) in [6.07, 6.45) is 1.07. The number of nitrogens with zero attached hydrogens (tertiary/aromatic N) is 2. The first-order chi connectivity index (χ1) is 8.58. The molecule has 1 aromatic rings. The fraction of sp³-hybridized carbons (Fsp3) is 0.636. The molecule has 0 spiro atoms. The number of hydrazine groups is 1. The van der Waals surface area contributed by atoms with Gasteiger partial charge in [-0.2, -0.15) is 4.98 Å². The van der Waals surface area contributed by atoms with E-state index in [0.717, 1.165) is 6.20 Å². The minimum atomic E-state index is -0.517. The molecule has 0 fully saturated rings. The van der Waals surface area contributed by atoms with Crippen molar-refractivity contribution >= 4 is 11.8 Å². The Hall–Kier alpha value is -1.47. The van der Waals surface area contributed by atoms with Gasteiger partial charge in [-0.25, -0.2) is 15.2 Å². The minimum absolute atomic E-state index is 0.0278. The van der Waals surface area contributed by atoms with Gasteiger partial charge in [0.25, 0.3) is 0 Å². The van der Waals surface area contributed by atoms with Crippen LogP contribution < -0.4 is 16.6 Å². The van der Waals surface area contributed by atoms with Crippen molar-refractivity contribution in [3.8, 4) is 0 Å². The van der Waals surface area contributed by atoms with Gasteiger partial charge in [-0.3, -0.25) is 5.43 Å². The summed E-state index contributed by atoms with van der Waals surface area (Å²) in [5.74, 6) is 5.24. The first kappa shape index (κ1) is 14.6. The summed E-state index contributed by atoms with van der Waals surface area (Å²) in [7, 11) is 0. The number of nitrogen functional groups attached to an aromatic ring is 1. The smallest absolute Gasteiger partial charge is 0.239 e. The molecule has 0 aliphatic carbocycles. The van der Waals surface area contributed by atoms with E-state index in [9.17, 15) is 4.39 Å². The standard InChI is InChI=1S/C11H20FN5O/c1-4-18-6-9(7(2)3)15-10-8(12)5-14-11(16-10)17-13/h5,7,9H,4,6,13H2,1-3H3,(H2,14,15,16,17). The molecule has 0 aliphatic rings. The van der Waals surface area contributed by atoms with E-state index in [4.69, 9.17) is 10.6 Å². The lowest BCUT2D eigenvalue weighted by atomic mass is 10.1. The quantitative estimate of drug-likeness (QED) is 0.505. The lowest BCUT2D eigenvalue weighted by Crippen LogP contribution is -2.32. The third-order valence-corrected chi connectivity index (χ3v) is 2.50. The molecular formula is C11H20FN5O. The highest BCUT2D eigenvalue weighted by Crippen LogP contribution is 2.15. The average molecular weight is 257 g/mol. The van der Waals surface area contributed by atoms with Crippen molar-refractivity contribution in [2.75, 3.05) is 24.0 Å². The second-order valence-corrected chi connectivity index (χ2v) is 4.19. The largest absolute Gasteiger partial charge is 0.380 e. The zero-order valence-electron chi connectivity index (χ0n) is 10.9. The number of aromatic nitrogens is 2. The van der Waals surface area contributed by atoms with Crippen molar-refractivity contribution < 1.29 is 9.13 Å². The number of hydrogen-bond donors (Lipinski definition) is 3. The van der Waals surface area contributed by atoms with Gasteiger partial charge in [0, 0.05) is 6.61 Å². The highest BCUT2D eigenvalue weighted by Gasteiger charge is 2.16. The van der Waals surface area contributed by atoms with Crippen molar-refractivity contribution in [3.63, 3.8) is 0 Å². The van der Waals surface area contributed by atoms with Crippen LogP contribution in [0.5, 0.6) is 0 Å². The van der Waals surface area contributed by atoms with Gasteiger partial charge >= 0.3 is 0 Å². The van der Waals surface area contributed by atoms with Crippen LogP contribution in [0.25, 0.3) is 0 Å². The summed E-state index contributed by atoms with van der Waals surface area (Å²) in [5, 5.41) is 3.01. The SMILES string of the molecule is CCOCC(Nc1nc(NN)ncc1F)C(C)C. The molecule has 1 unspecified atom stereocenters. The van der Waals surface area contributed by atoms with Gasteiger partial charge in [0.05, 0.1) is 18.8 Å². The maximum atomic E-state index is 13.6. The van der Waals surface area contributed by atoms with E-state index in [1.165, 1.54) is 0 Å². The molecule has 1 heterocycles. The summed E-state index contributed by atoms with van der Waals surface area (Å²) in [6, 6.07) is -0.0278. The lowest BCUT2D eigenvalue weighted by molar-refractivity contribution is 0.126. The molecule has 0 saturated carbocycles. The Morgan fingerprint density at radius 1 is 1.50 bits per heavy atom. The predicted octanol–water partition coefficient (Wildman–Crippen LogP) is 1.37. The van der Waals surface area contributed by atoms with E-state index in [0.29, 0.717) is 13.2 Å². The minimum Gasteiger partial charge on any atom is -0.380 e. The third-order valence-electron chi connectivity index (χ3n) is 2.50. The molecule has 6 nitrogen and oxygen atoms in total. The van der Waals surface area contributed by atoms with Crippen LogP contribution in [0.4, 0.5) is 16.2 Å². The Morgan fingerprint density at radius 3 is 2.78 bits per heavy atom. The first-order valence-electron chi connectivity index (χ1n) is 5.91. The summed E-state index contributed by atoms with van der Waals surface area (Å²) in [5.41, 5.74) is 2.28. The summed E-state index contributed by atoms with van der Waals surface area (Å²) < 4.78 is 18.9. The van der Waals surface area contributed by atoms with Crippen LogP contribution in [-0.2, 0) is 4.74 Å². The molecule has 0 aromatic carbocycles. The maximum Gasteiger partial charge on any atom is 0.239 e. The first-order valence-corrected chi connectivity index (χ1v) is 5.91. The molecule has 0 saturated heterocycles. The molecule has 1 rings (SSSR count). The Morgan fingerprint density at radius 2 is 2.22 bits per heavy atom. The van der Waals surface area contributed by atoms with Gasteiger partial charge in [0.2, 0.25) is 5.95 Å². The van der Waals surface area contributed by atoms with Crippen molar-refractivity contribution in [2.45, 2.75) is 26.8 Å². The molecule has 0 bridgehead atoms. The number of ether oxygens (including phenoxy) is 1. The van der Waals surface area contributed by atoms with Crippen LogP contribution in [0.15, 0.2) is 6.20 Å². The van der Waals surface area contributed by atoms with Crippen molar-refractivity contribution in [1.82, 2.24) is 9.97 Å². The number of anilines is 2. The molecule has 4 N–H and O–H groups in total. The highest BCUT2D eigenvalue weighted by atomic mass is 19.1. The average Bonchev–Trinajstić information content (AvgIpc) is 2.36. The summed E-state index contributed by atoms with van der Waals surface area (Å²) in [6.45, 7) is 7.07. The Balaban J connectivity index is 2.78. The van der Waals surface area contributed by atoms with Crippen LogP contribution in [0.2, 0.25) is 0 Å². The van der Waals surface area contributed by atoms with Crippen molar-refractivity contribution in [3.05, 3.63) is 12.0 Å². The molecule has 1 atom stereocenters. The monoisotopic (exact) mass is 257 g/mol. The molecule has 0 aliphatic heterocycles. The van der Waals surface area contributed by atoms with Crippen LogP contribution in [0, 0.1) is 11.7 Å².